The van der Waals surface area contributed by atoms with Crippen LogP contribution in [-0.4, -0.2) is 52.0 Å². The van der Waals surface area contributed by atoms with Gasteiger partial charge in [0, 0.05) is 20.6 Å². The molecule has 0 heterocycles. The first-order chi connectivity index (χ1) is 14.2. The molecule has 2 aromatic rings. The number of halogens is 2. The van der Waals surface area contributed by atoms with E-state index < -0.39 is 10.0 Å². The highest BCUT2D eigenvalue weighted by Gasteiger charge is 2.16. The molecule has 0 fully saturated rings. The normalized spacial score (nSPS) is 12.8. The molecule has 2 rings (SSSR count). The van der Waals surface area contributed by atoms with Crippen molar-refractivity contribution in [1.29, 1.82) is 0 Å². The smallest absolute Gasteiger partial charge is 0.242 e. The summed E-state index contributed by atoms with van der Waals surface area (Å²) in [5.74, 6) is 0.916. The van der Waals surface area contributed by atoms with E-state index in [4.69, 9.17) is 4.74 Å². The van der Waals surface area contributed by atoms with Crippen LogP contribution in [0.4, 0.5) is 4.39 Å². The minimum atomic E-state index is -3.44. The Morgan fingerprint density at radius 1 is 1.10 bits per heavy atom. The Balaban J connectivity index is 0.00000480. The molecular formula is C21H30FIN4O3S. The summed E-state index contributed by atoms with van der Waals surface area (Å²) < 4.78 is 44.2. The average molecular weight is 564 g/mol. The van der Waals surface area contributed by atoms with Crippen LogP contribution in [0.2, 0.25) is 0 Å². The minimum absolute atomic E-state index is 0. The monoisotopic (exact) mass is 564 g/mol. The quantitative estimate of drug-likeness (QED) is 0.278. The molecule has 1 atom stereocenters. The van der Waals surface area contributed by atoms with Gasteiger partial charge in [0.1, 0.15) is 17.7 Å². The van der Waals surface area contributed by atoms with E-state index in [-0.39, 0.29) is 40.8 Å². The fourth-order valence-electron chi connectivity index (χ4n) is 2.52. The van der Waals surface area contributed by atoms with Gasteiger partial charge in [-0.15, -0.1) is 24.0 Å². The third-order valence-electron chi connectivity index (χ3n) is 4.17. The molecule has 0 bridgehead atoms. The zero-order valence-electron chi connectivity index (χ0n) is 18.1. The highest BCUT2D eigenvalue weighted by Crippen LogP contribution is 2.15. The summed E-state index contributed by atoms with van der Waals surface area (Å²) in [6, 6.07) is 12.6. The zero-order chi connectivity index (χ0) is 22.1. The zero-order valence-corrected chi connectivity index (χ0v) is 21.3. The molecule has 0 aliphatic rings. The van der Waals surface area contributed by atoms with Gasteiger partial charge in [0.15, 0.2) is 5.96 Å². The maximum atomic E-state index is 13.0. The molecule has 0 amide bonds. The Kier molecular flexibility index (Phi) is 11.2. The molecule has 2 aromatic carbocycles. The van der Waals surface area contributed by atoms with Crippen molar-refractivity contribution in [2.24, 2.45) is 4.99 Å². The molecule has 10 heteroatoms. The van der Waals surface area contributed by atoms with Crippen LogP contribution in [0.5, 0.6) is 5.75 Å². The van der Waals surface area contributed by atoms with E-state index in [1.807, 2.05) is 13.8 Å². The van der Waals surface area contributed by atoms with Gasteiger partial charge in [-0.25, -0.2) is 22.1 Å². The minimum Gasteiger partial charge on any atom is -0.489 e. The number of nitrogens with one attached hydrogen (secondary N) is 2. The van der Waals surface area contributed by atoms with Crippen molar-refractivity contribution in [2.75, 3.05) is 27.2 Å². The Bertz CT molecular complexity index is 936. The van der Waals surface area contributed by atoms with Crippen molar-refractivity contribution in [3.63, 3.8) is 0 Å². The van der Waals surface area contributed by atoms with Gasteiger partial charge < -0.3 is 15.4 Å². The van der Waals surface area contributed by atoms with Gasteiger partial charge in [0.05, 0.1) is 18.0 Å². The molecule has 1 unspecified atom stereocenters. The van der Waals surface area contributed by atoms with Crippen LogP contribution in [0.1, 0.15) is 19.4 Å². The molecule has 0 aromatic heterocycles. The molecule has 0 saturated heterocycles. The molecular weight excluding hydrogens is 534 g/mol. The second-order valence-corrected chi connectivity index (χ2v) is 9.04. The van der Waals surface area contributed by atoms with Crippen molar-refractivity contribution in [1.82, 2.24) is 14.9 Å². The summed E-state index contributed by atoms with van der Waals surface area (Å²) in [5.41, 5.74) is 0.889. The second-order valence-electron chi connectivity index (χ2n) is 6.89. The molecule has 172 valence electrons. The fraction of sp³-hybridized carbons (Fsp3) is 0.381. The van der Waals surface area contributed by atoms with E-state index in [1.54, 1.807) is 36.4 Å². The van der Waals surface area contributed by atoms with Gasteiger partial charge in [-0.1, -0.05) is 12.1 Å². The highest BCUT2D eigenvalue weighted by atomic mass is 127. The largest absolute Gasteiger partial charge is 0.489 e. The number of rotatable bonds is 9. The van der Waals surface area contributed by atoms with Gasteiger partial charge in [-0.2, -0.15) is 0 Å². The van der Waals surface area contributed by atoms with Gasteiger partial charge >= 0.3 is 0 Å². The lowest BCUT2D eigenvalue weighted by Crippen LogP contribution is -2.41. The van der Waals surface area contributed by atoms with Crippen LogP contribution < -0.4 is 15.4 Å². The molecule has 0 spiro atoms. The standard InChI is InChI=1S/C21H29FN4O3S.HI/c1-5-23-21(24-14-16(2)29-19-10-8-18(22)9-11-19)25-15-17-6-12-20(13-7-17)30(27,28)26(3)4;/h6-13,16H,5,14-15H2,1-4H3,(H2,23,24,25);1H. The SMILES string of the molecule is CCNC(=NCc1ccc(S(=O)(=O)N(C)C)cc1)NCC(C)Oc1ccc(F)cc1.I. The summed E-state index contributed by atoms with van der Waals surface area (Å²) in [4.78, 5) is 4.78. The molecule has 7 nitrogen and oxygen atoms in total. The molecule has 31 heavy (non-hydrogen) atoms. The first kappa shape index (κ1) is 27.1. The van der Waals surface area contributed by atoms with E-state index >= 15 is 0 Å². The van der Waals surface area contributed by atoms with E-state index in [2.05, 4.69) is 15.6 Å². The van der Waals surface area contributed by atoms with Crippen molar-refractivity contribution >= 4 is 40.0 Å². The predicted octanol–water partition coefficient (Wildman–Crippen LogP) is 3.22. The third kappa shape index (κ3) is 8.62. The topological polar surface area (TPSA) is 83.0 Å². The number of sulfonamides is 1. The van der Waals surface area contributed by atoms with E-state index in [0.717, 1.165) is 5.56 Å². The van der Waals surface area contributed by atoms with Crippen molar-refractivity contribution < 1.29 is 17.5 Å². The van der Waals surface area contributed by atoms with Crippen molar-refractivity contribution in [2.45, 2.75) is 31.4 Å². The predicted molar refractivity (Wildman–Crippen MR) is 132 cm³/mol. The van der Waals surface area contributed by atoms with Gasteiger partial charge in [0.25, 0.3) is 0 Å². The number of aliphatic imine (C=N–C) groups is 1. The van der Waals surface area contributed by atoms with Crippen LogP contribution in [0, 0.1) is 5.82 Å². The average Bonchev–Trinajstić information content (AvgIpc) is 2.72. The molecule has 0 saturated carbocycles. The maximum absolute atomic E-state index is 13.0. The van der Waals surface area contributed by atoms with Crippen LogP contribution in [-0.2, 0) is 16.6 Å². The first-order valence-electron chi connectivity index (χ1n) is 9.68. The molecule has 0 aliphatic heterocycles. The lowest BCUT2D eigenvalue weighted by atomic mass is 10.2. The van der Waals surface area contributed by atoms with Crippen molar-refractivity contribution in [3.05, 3.63) is 59.9 Å². The molecule has 2 N–H and O–H groups in total. The summed E-state index contributed by atoms with van der Waals surface area (Å²) >= 11 is 0. The second kappa shape index (κ2) is 12.8. The Morgan fingerprint density at radius 2 is 1.71 bits per heavy atom. The number of hydrogen-bond acceptors (Lipinski definition) is 4. The maximum Gasteiger partial charge on any atom is 0.242 e. The number of guanidine groups is 1. The number of ether oxygens (including phenoxy) is 1. The Labute approximate surface area is 201 Å². The summed E-state index contributed by atoms with van der Waals surface area (Å²) in [7, 11) is -0.437. The number of hydrogen-bond donors (Lipinski definition) is 2. The van der Waals surface area contributed by atoms with E-state index in [9.17, 15) is 12.8 Å². The summed E-state index contributed by atoms with van der Waals surface area (Å²) in [6.45, 7) is 5.47. The van der Waals surface area contributed by atoms with Crippen LogP contribution in [0.3, 0.4) is 0 Å². The lowest BCUT2D eigenvalue weighted by Gasteiger charge is -2.17. The molecule has 0 aliphatic carbocycles. The lowest BCUT2D eigenvalue weighted by molar-refractivity contribution is 0.223. The van der Waals surface area contributed by atoms with Crippen LogP contribution in [0.15, 0.2) is 58.4 Å². The summed E-state index contributed by atoms with van der Waals surface area (Å²) in [5, 5.41) is 6.37. The van der Waals surface area contributed by atoms with Crippen LogP contribution in [0.25, 0.3) is 0 Å². The molecule has 0 radical (unpaired) electrons. The Morgan fingerprint density at radius 3 is 2.26 bits per heavy atom. The van der Waals surface area contributed by atoms with Gasteiger partial charge in [-0.05, 0) is 55.8 Å². The fourth-order valence-corrected chi connectivity index (χ4v) is 3.42. The van der Waals surface area contributed by atoms with Crippen molar-refractivity contribution in [3.8, 4) is 5.75 Å². The van der Waals surface area contributed by atoms with E-state index in [1.165, 1.54) is 30.5 Å². The van der Waals surface area contributed by atoms with E-state index in [0.29, 0.717) is 31.3 Å². The Hall–Kier alpha value is -1.92. The first-order valence-corrected chi connectivity index (χ1v) is 11.1. The summed E-state index contributed by atoms with van der Waals surface area (Å²) in [6.07, 6.45) is -0.158. The number of benzene rings is 2. The number of nitrogens with zero attached hydrogens (tertiary/aromatic N) is 2. The highest BCUT2D eigenvalue weighted by molar-refractivity contribution is 14.0. The van der Waals surface area contributed by atoms with Gasteiger partial charge in [0.2, 0.25) is 10.0 Å². The van der Waals surface area contributed by atoms with Gasteiger partial charge in [-0.3, -0.25) is 0 Å². The third-order valence-corrected chi connectivity index (χ3v) is 6.00. The van der Waals surface area contributed by atoms with Crippen LogP contribution >= 0.6 is 24.0 Å².